The van der Waals surface area contributed by atoms with Crippen molar-refractivity contribution < 1.29 is 14.7 Å². The van der Waals surface area contributed by atoms with Gasteiger partial charge in [0, 0.05) is 10.6 Å². The third-order valence-electron chi connectivity index (χ3n) is 8.07. The van der Waals surface area contributed by atoms with Gasteiger partial charge in [-0.2, -0.15) is 0 Å². The maximum atomic E-state index is 14.3. The van der Waals surface area contributed by atoms with Gasteiger partial charge in [0.25, 0.3) is 5.91 Å². The zero-order valence-electron chi connectivity index (χ0n) is 22.8. The predicted molar refractivity (Wildman–Crippen MR) is 149 cm³/mol. The fourth-order valence-electron chi connectivity index (χ4n) is 6.09. The number of aryl methyl sites for hydroxylation is 1. The smallest absolute Gasteiger partial charge is 0.335 e. The molecular formula is C31H39ClN2O3. The van der Waals surface area contributed by atoms with E-state index in [4.69, 9.17) is 16.6 Å². The van der Waals surface area contributed by atoms with Crippen LogP contribution in [0.3, 0.4) is 0 Å². The summed E-state index contributed by atoms with van der Waals surface area (Å²) in [6, 6.07) is 12.5. The van der Waals surface area contributed by atoms with Crippen molar-refractivity contribution in [1.29, 1.82) is 0 Å². The molecule has 0 radical (unpaired) electrons. The zero-order chi connectivity index (χ0) is 27.1. The third-order valence-corrected chi connectivity index (χ3v) is 8.28. The number of halogens is 1. The quantitative estimate of drug-likeness (QED) is 0.422. The van der Waals surface area contributed by atoms with Crippen LogP contribution in [-0.4, -0.2) is 33.3 Å². The van der Waals surface area contributed by atoms with Crippen LogP contribution in [0.5, 0.6) is 0 Å². The number of hydrogen-bond acceptors (Lipinski definition) is 3. The van der Waals surface area contributed by atoms with Gasteiger partial charge in [-0.25, -0.2) is 4.79 Å². The normalized spacial score (nSPS) is 23.0. The van der Waals surface area contributed by atoms with Gasteiger partial charge >= 0.3 is 5.97 Å². The summed E-state index contributed by atoms with van der Waals surface area (Å²) in [6.45, 7) is 13.2. The van der Waals surface area contributed by atoms with Crippen LogP contribution in [0.1, 0.15) is 99.8 Å². The molecule has 2 aliphatic rings. The van der Waals surface area contributed by atoms with Crippen LogP contribution in [-0.2, 0) is 4.79 Å². The second-order valence-corrected chi connectivity index (χ2v) is 12.8. The Morgan fingerprint density at radius 2 is 1.76 bits per heavy atom. The van der Waals surface area contributed by atoms with Crippen molar-refractivity contribution in [3.05, 3.63) is 69.7 Å². The Morgan fingerprint density at radius 1 is 1.14 bits per heavy atom. The molecule has 1 aliphatic carbocycles. The van der Waals surface area contributed by atoms with Gasteiger partial charge in [-0.3, -0.25) is 9.79 Å². The van der Waals surface area contributed by atoms with Crippen LogP contribution in [0.15, 0.2) is 47.5 Å². The average molecular weight is 523 g/mol. The lowest BCUT2D eigenvalue weighted by Gasteiger charge is -2.47. The number of hydrogen-bond donors (Lipinski definition) is 1. The molecule has 198 valence electrons. The van der Waals surface area contributed by atoms with Gasteiger partial charge in [0.05, 0.1) is 11.6 Å². The molecule has 2 aromatic carbocycles. The first-order valence-electron chi connectivity index (χ1n) is 13.3. The molecule has 1 atom stereocenters. The van der Waals surface area contributed by atoms with Crippen LogP contribution < -0.4 is 0 Å². The van der Waals surface area contributed by atoms with Gasteiger partial charge in [0.2, 0.25) is 0 Å². The van der Waals surface area contributed by atoms with E-state index in [0.717, 1.165) is 48.8 Å². The van der Waals surface area contributed by atoms with E-state index in [2.05, 4.69) is 34.6 Å². The maximum Gasteiger partial charge on any atom is 0.335 e. The van der Waals surface area contributed by atoms with Gasteiger partial charge in [-0.1, -0.05) is 58.4 Å². The standard InChI is InChI=1S/C31H39ClN2O3/c1-19(2)15-26(21-7-9-22(10-8-21)29(36)37)34-28(35)27(23-16-20(3)17-25(32)18-23)33-31(34)13-11-24(12-14-31)30(4,5)6/h7-10,16-19,24,26H,11-15H2,1-6H3,(H,36,37). The lowest BCUT2D eigenvalue weighted by Crippen LogP contribution is -2.51. The maximum absolute atomic E-state index is 14.3. The minimum atomic E-state index is -0.955. The van der Waals surface area contributed by atoms with Gasteiger partial charge in [0.15, 0.2) is 0 Å². The first-order valence-corrected chi connectivity index (χ1v) is 13.7. The van der Waals surface area contributed by atoms with E-state index in [1.807, 2.05) is 42.2 Å². The van der Waals surface area contributed by atoms with Crippen molar-refractivity contribution in [2.45, 2.75) is 85.4 Å². The summed E-state index contributed by atoms with van der Waals surface area (Å²) in [4.78, 5) is 33.1. The fraction of sp³-hybridized carbons (Fsp3) is 0.516. The largest absolute Gasteiger partial charge is 0.478 e. The van der Waals surface area contributed by atoms with Gasteiger partial charge < -0.3 is 10.0 Å². The lowest BCUT2D eigenvalue weighted by molar-refractivity contribution is -0.134. The molecule has 6 heteroatoms. The lowest BCUT2D eigenvalue weighted by atomic mass is 9.69. The Hall–Kier alpha value is -2.66. The Kier molecular flexibility index (Phi) is 7.58. The zero-order valence-corrected chi connectivity index (χ0v) is 23.6. The van der Waals surface area contributed by atoms with Crippen molar-refractivity contribution in [3.63, 3.8) is 0 Å². The first-order chi connectivity index (χ1) is 17.3. The summed E-state index contributed by atoms with van der Waals surface area (Å²) in [6.07, 6.45) is 4.40. The molecule has 1 fully saturated rings. The highest BCUT2D eigenvalue weighted by Gasteiger charge is 2.52. The number of carbonyl (C=O) groups excluding carboxylic acids is 1. The molecule has 0 saturated heterocycles. The first kappa shape index (κ1) is 27.4. The monoisotopic (exact) mass is 522 g/mol. The van der Waals surface area contributed by atoms with Crippen LogP contribution in [0.25, 0.3) is 0 Å². The van der Waals surface area contributed by atoms with E-state index in [1.165, 1.54) is 0 Å². The Labute approximate surface area is 225 Å². The van der Waals surface area contributed by atoms with E-state index in [0.29, 0.717) is 22.6 Å². The summed E-state index contributed by atoms with van der Waals surface area (Å²) in [5.74, 6) is -0.120. The Morgan fingerprint density at radius 3 is 2.27 bits per heavy atom. The molecule has 4 rings (SSSR count). The van der Waals surface area contributed by atoms with E-state index in [1.54, 1.807) is 12.1 Å². The van der Waals surface area contributed by atoms with Crippen molar-refractivity contribution >= 4 is 29.2 Å². The molecular weight excluding hydrogens is 484 g/mol. The average Bonchev–Trinajstić information content (AvgIpc) is 3.08. The SMILES string of the molecule is Cc1cc(Cl)cc(C2=NC3(CCC(C(C)(C)C)CC3)N(C(CC(C)C)c3ccc(C(=O)O)cc3)C2=O)c1. The van der Waals surface area contributed by atoms with Crippen LogP contribution >= 0.6 is 11.6 Å². The molecule has 1 unspecified atom stereocenters. The minimum Gasteiger partial charge on any atom is -0.478 e. The third kappa shape index (κ3) is 5.62. The number of aromatic carboxylic acids is 1. The predicted octanol–water partition coefficient (Wildman–Crippen LogP) is 7.70. The highest BCUT2D eigenvalue weighted by atomic mass is 35.5. The van der Waals surface area contributed by atoms with Gasteiger partial charge in [0.1, 0.15) is 11.4 Å². The molecule has 2 aromatic rings. The number of benzene rings is 2. The second kappa shape index (κ2) is 10.2. The summed E-state index contributed by atoms with van der Waals surface area (Å²) < 4.78 is 0. The summed E-state index contributed by atoms with van der Waals surface area (Å²) in [7, 11) is 0. The van der Waals surface area contributed by atoms with Crippen molar-refractivity contribution in [1.82, 2.24) is 4.90 Å². The molecule has 37 heavy (non-hydrogen) atoms. The summed E-state index contributed by atoms with van der Waals surface area (Å²) in [5.41, 5.74) is 3.01. The van der Waals surface area contributed by atoms with E-state index < -0.39 is 11.6 Å². The molecule has 1 heterocycles. The topological polar surface area (TPSA) is 70.0 Å². The van der Waals surface area contributed by atoms with Crippen molar-refractivity contribution in [3.8, 4) is 0 Å². The Balaban J connectivity index is 1.81. The van der Waals surface area contributed by atoms with E-state index in [-0.39, 0.29) is 22.9 Å². The molecule has 1 spiro atoms. The fourth-order valence-corrected chi connectivity index (χ4v) is 6.38. The molecule has 1 N–H and O–H groups in total. The minimum absolute atomic E-state index is 0.0659. The number of nitrogens with zero attached hydrogens (tertiary/aromatic N) is 2. The van der Waals surface area contributed by atoms with E-state index in [9.17, 15) is 14.7 Å². The number of rotatable bonds is 6. The van der Waals surface area contributed by atoms with Crippen LogP contribution in [0, 0.1) is 24.2 Å². The number of carbonyl (C=O) groups is 2. The summed E-state index contributed by atoms with van der Waals surface area (Å²) in [5, 5.41) is 10.0. The second-order valence-electron chi connectivity index (χ2n) is 12.3. The summed E-state index contributed by atoms with van der Waals surface area (Å²) >= 11 is 6.40. The van der Waals surface area contributed by atoms with E-state index >= 15 is 0 Å². The van der Waals surface area contributed by atoms with Gasteiger partial charge in [-0.05, 0) is 97.7 Å². The molecule has 0 bridgehead atoms. The molecule has 1 amide bonds. The van der Waals surface area contributed by atoms with Gasteiger partial charge in [-0.15, -0.1) is 0 Å². The number of carboxylic acid groups (broad SMARTS) is 1. The highest BCUT2D eigenvalue weighted by Crippen LogP contribution is 2.50. The number of carboxylic acids is 1. The number of amides is 1. The Bertz CT molecular complexity index is 1180. The molecule has 5 nitrogen and oxygen atoms in total. The van der Waals surface area contributed by atoms with Crippen molar-refractivity contribution in [2.24, 2.45) is 22.2 Å². The molecule has 0 aromatic heterocycles. The number of aliphatic imine (C=N–C) groups is 1. The van der Waals surface area contributed by atoms with Crippen LogP contribution in [0.2, 0.25) is 5.02 Å². The molecule has 1 aliphatic heterocycles. The molecule has 1 saturated carbocycles. The highest BCUT2D eigenvalue weighted by molar-refractivity contribution is 6.47. The van der Waals surface area contributed by atoms with Crippen molar-refractivity contribution in [2.75, 3.05) is 0 Å². The van der Waals surface area contributed by atoms with Crippen LogP contribution in [0.4, 0.5) is 0 Å².